The third kappa shape index (κ3) is 3.00. The summed E-state index contributed by atoms with van der Waals surface area (Å²) in [5.74, 6) is -0.908. The second-order valence-corrected chi connectivity index (χ2v) is 3.95. The molecule has 2 N–H and O–H groups in total. The van der Waals surface area contributed by atoms with Gasteiger partial charge in [0.15, 0.2) is 5.75 Å². The highest BCUT2D eigenvalue weighted by Gasteiger charge is 2.13. The molecule has 104 valence electrons. The minimum atomic E-state index is -0.675. The molecule has 1 aromatic heterocycles. The Balaban J connectivity index is 2.33. The molecular weight excluding hydrogens is 265 g/mol. The standard InChI is InChI=1S/C13H12FN3O3/c1-7-5-11(17-12(16-7)13(18)19-2)20-10-4-3-8(14)6-9(10)15/h3-6H,15H2,1-2H3. The van der Waals surface area contributed by atoms with Gasteiger partial charge in [-0.15, -0.1) is 0 Å². The molecule has 0 fully saturated rings. The highest BCUT2D eigenvalue weighted by Crippen LogP contribution is 2.27. The van der Waals surface area contributed by atoms with E-state index >= 15 is 0 Å². The van der Waals surface area contributed by atoms with E-state index in [-0.39, 0.29) is 23.1 Å². The summed E-state index contributed by atoms with van der Waals surface area (Å²) >= 11 is 0. The van der Waals surface area contributed by atoms with Crippen LogP contribution >= 0.6 is 0 Å². The lowest BCUT2D eigenvalue weighted by Gasteiger charge is -2.09. The molecule has 0 saturated carbocycles. The zero-order valence-corrected chi connectivity index (χ0v) is 10.9. The topological polar surface area (TPSA) is 87.3 Å². The van der Waals surface area contributed by atoms with Gasteiger partial charge in [0.05, 0.1) is 12.8 Å². The smallest absolute Gasteiger partial charge is 0.376 e. The number of benzene rings is 1. The van der Waals surface area contributed by atoms with Gasteiger partial charge in [0.25, 0.3) is 0 Å². The van der Waals surface area contributed by atoms with Crippen molar-refractivity contribution in [3.05, 3.63) is 41.6 Å². The van der Waals surface area contributed by atoms with E-state index in [4.69, 9.17) is 10.5 Å². The summed E-state index contributed by atoms with van der Waals surface area (Å²) in [7, 11) is 1.23. The molecule has 2 rings (SSSR count). The first-order valence-corrected chi connectivity index (χ1v) is 5.66. The van der Waals surface area contributed by atoms with Gasteiger partial charge >= 0.3 is 5.97 Å². The molecule has 0 saturated heterocycles. The summed E-state index contributed by atoms with van der Waals surface area (Å²) in [5.41, 5.74) is 6.28. The minimum absolute atomic E-state index is 0.121. The first-order valence-electron chi connectivity index (χ1n) is 5.66. The predicted octanol–water partition coefficient (Wildman–Crippen LogP) is 2.09. The number of aromatic nitrogens is 2. The molecule has 0 aliphatic carbocycles. The quantitative estimate of drug-likeness (QED) is 0.682. The predicted molar refractivity (Wildman–Crippen MR) is 69.0 cm³/mol. The number of esters is 1. The summed E-state index contributed by atoms with van der Waals surface area (Å²) in [6, 6.07) is 5.24. The largest absolute Gasteiger partial charge is 0.463 e. The highest BCUT2D eigenvalue weighted by atomic mass is 19.1. The molecule has 0 aliphatic rings. The van der Waals surface area contributed by atoms with E-state index < -0.39 is 11.8 Å². The molecule has 20 heavy (non-hydrogen) atoms. The van der Waals surface area contributed by atoms with Crippen LogP contribution in [-0.2, 0) is 4.74 Å². The molecule has 6 nitrogen and oxygen atoms in total. The Morgan fingerprint density at radius 2 is 2.05 bits per heavy atom. The SMILES string of the molecule is COC(=O)c1nc(C)cc(Oc2ccc(F)cc2N)n1. The van der Waals surface area contributed by atoms with Crippen LogP contribution in [0.15, 0.2) is 24.3 Å². The number of nitrogens with two attached hydrogens (primary N) is 1. The van der Waals surface area contributed by atoms with Crippen molar-refractivity contribution in [3.8, 4) is 11.6 Å². The van der Waals surface area contributed by atoms with E-state index in [0.717, 1.165) is 6.07 Å². The molecule has 0 bridgehead atoms. The highest BCUT2D eigenvalue weighted by molar-refractivity contribution is 5.85. The summed E-state index contributed by atoms with van der Waals surface area (Å²) < 4.78 is 22.9. The van der Waals surface area contributed by atoms with E-state index in [0.29, 0.717) is 5.69 Å². The van der Waals surface area contributed by atoms with Crippen molar-refractivity contribution in [2.75, 3.05) is 12.8 Å². The van der Waals surface area contributed by atoms with Crippen LogP contribution in [0.4, 0.5) is 10.1 Å². The number of carbonyl (C=O) groups excluding carboxylic acids is 1. The number of halogens is 1. The van der Waals surface area contributed by atoms with Crippen molar-refractivity contribution < 1.29 is 18.7 Å². The van der Waals surface area contributed by atoms with Crippen LogP contribution in [0.2, 0.25) is 0 Å². The van der Waals surface area contributed by atoms with Crippen LogP contribution in [0, 0.1) is 12.7 Å². The number of methoxy groups -OCH3 is 1. The van der Waals surface area contributed by atoms with Crippen molar-refractivity contribution in [1.29, 1.82) is 0 Å². The maximum Gasteiger partial charge on any atom is 0.376 e. The Morgan fingerprint density at radius 3 is 2.70 bits per heavy atom. The molecule has 2 aromatic rings. The number of nitrogen functional groups attached to an aromatic ring is 1. The Morgan fingerprint density at radius 1 is 1.30 bits per heavy atom. The average Bonchev–Trinajstić information content (AvgIpc) is 2.40. The van der Waals surface area contributed by atoms with Gasteiger partial charge in [-0.05, 0) is 19.1 Å². The van der Waals surface area contributed by atoms with Gasteiger partial charge < -0.3 is 15.2 Å². The number of ether oxygens (including phenoxy) is 2. The van der Waals surface area contributed by atoms with Crippen LogP contribution in [0.3, 0.4) is 0 Å². The van der Waals surface area contributed by atoms with Gasteiger partial charge in [0, 0.05) is 17.8 Å². The fourth-order valence-electron chi connectivity index (χ4n) is 1.50. The van der Waals surface area contributed by atoms with Gasteiger partial charge in [0.2, 0.25) is 11.7 Å². The van der Waals surface area contributed by atoms with Crippen molar-refractivity contribution in [2.45, 2.75) is 6.92 Å². The second-order valence-electron chi connectivity index (χ2n) is 3.95. The fourth-order valence-corrected chi connectivity index (χ4v) is 1.50. The van der Waals surface area contributed by atoms with Crippen LogP contribution in [0.1, 0.15) is 16.3 Å². The van der Waals surface area contributed by atoms with Gasteiger partial charge in [-0.1, -0.05) is 0 Å². The van der Waals surface area contributed by atoms with Crippen LogP contribution in [0.5, 0.6) is 11.6 Å². The molecule has 7 heteroatoms. The molecule has 1 aromatic carbocycles. The lowest BCUT2D eigenvalue weighted by atomic mass is 10.3. The van der Waals surface area contributed by atoms with Crippen LogP contribution < -0.4 is 10.5 Å². The molecule has 1 heterocycles. The van der Waals surface area contributed by atoms with Gasteiger partial charge in [-0.3, -0.25) is 0 Å². The Kier molecular flexibility index (Phi) is 3.79. The molecule has 0 amide bonds. The first kappa shape index (κ1) is 13.7. The number of hydrogen-bond acceptors (Lipinski definition) is 6. The van der Waals surface area contributed by atoms with Crippen molar-refractivity contribution in [3.63, 3.8) is 0 Å². The Bertz CT molecular complexity index is 661. The van der Waals surface area contributed by atoms with Crippen molar-refractivity contribution in [2.24, 2.45) is 0 Å². The monoisotopic (exact) mass is 277 g/mol. The van der Waals surface area contributed by atoms with Crippen molar-refractivity contribution in [1.82, 2.24) is 9.97 Å². The fraction of sp³-hybridized carbons (Fsp3) is 0.154. The maximum atomic E-state index is 12.9. The number of nitrogens with zero attached hydrogens (tertiary/aromatic N) is 2. The summed E-state index contributed by atoms with van der Waals surface area (Å²) in [6.45, 7) is 1.68. The summed E-state index contributed by atoms with van der Waals surface area (Å²) in [6.07, 6.45) is 0. The number of carbonyl (C=O) groups is 1. The van der Waals surface area contributed by atoms with E-state index in [1.54, 1.807) is 6.92 Å². The molecule has 0 radical (unpaired) electrons. The number of aryl methyl sites for hydroxylation is 1. The number of hydrogen-bond donors (Lipinski definition) is 1. The average molecular weight is 277 g/mol. The zero-order chi connectivity index (χ0) is 14.7. The third-order valence-electron chi connectivity index (χ3n) is 2.39. The molecular formula is C13H12FN3O3. The Hall–Kier alpha value is -2.70. The molecule has 0 aliphatic heterocycles. The van der Waals surface area contributed by atoms with E-state index in [9.17, 15) is 9.18 Å². The molecule has 0 atom stereocenters. The normalized spacial score (nSPS) is 10.2. The second kappa shape index (κ2) is 5.52. The van der Waals surface area contributed by atoms with Gasteiger partial charge in [-0.2, -0.15) is 4.98 Å². The van der Waals surface area contributed by atoms with E-state index in [2.05, 4.69) is 14.7 Å². The lowest BCUT2D eigenvalue weighted by Crippen LogP contribution is -2.09. The molecule has 0 spiro atoms. The zero-order valence-electron chi connectivity index (χ0n) is 10.9. The maximum absolute atomic E-state index is 12.9. The first-order chi connectivity index (χ1) is 9.49. The molecule has 0 unspecified atom stereocenters. The number of anilines is 1. The number of rotatable bonds is 3. The summed E-state index contributed by atoms with van der Waals surface area (Å²) in [4.78, 5) is 19.2. The minimum Gasteiger partial charge on any atom is -0.463 e. The van der Waals surface area contributed by atoms with Crippen molar-refractivity contribution >= 4 is 11.7 Å². The van der Waals surface area contributed by atoms with E-state index in [1.165, 1.54) is 25.3 Å². The Labute approximate surface area is 114 Å². The van der Waals surface area contributed by atoms with Crippen LogP contribution in [0.25, 0.3) is 0 Å². The van der Waals surface area contributed by atoms with E-state index in [1.807, 2.05) is 0 Å². The van der Waals surface area contributed by atoms with Gasteiger partial charge in [-0.25, -0.2) is 14.2 Å². The summed E-state index contributed by atoms with van der Waals surface area (Å²) in [5, 5.41) is 0. The van der Waals surface area contributed by atoms with Gasteiger partial charge in [0.1, 0.15) is 5.82 Å². The third-order valence-corrected chi connectivity index (χ3v) is 2.39. The van der Waals surface area contributed by atoms with Crippen LogP contribution in [-0.4, -0.2) is 23.0 Å². The lowest BCUT2D eigenvalue weighted by molar-refractivity contribution is 0.0585.